The van der Waals surface area contributed by atoms with Crippen LogP contribution in [0.4, 0.5) is 0 Å². The van der Waals surface area contributed by atoms with Crippen LogP contribution in [0.25, 0.3) is 28.0 Å². The molecule has 33 heavy (non-hydrogen) atoms. The number of fused-ring (bicyclic) bond motifs is 1. The number of carbonyl (C=O) groups excluding carboxylic acids is 1. The van der Waals surface area contributed by atoms with Gasteiger partial charge in [0.1, 0.15) is 16.7 Å². The average Bonchev–Trinajstić information content (AvgIpc) is 3.47. The highest BCUT2D eigenvalue weighted by atomic mass is 32.2. The fourth-order valence-corrected chi connectivity index (χ4v) is 5.13. The van der Waals surface area contributed by atoms with E-state index in [1.165, 1.54) is 17.8 Å². The number of aromatic hydroxyl groups is 2. The molecule has 1 aliphatic heterocycles. The average molecular weight is 465 g/mol. The molecular weight excluding hydrogens is 440 g/mol. The molecule has 0 aliphatic carbocycles. The van der Waals surface area contributed by atoms with Crippen LogP contribution in [0.3, 0.4) is 0 Å². The van der Waals surface area contributed by atoms with E-state index >= 15 is 0 Å². The number of hydrogen-bond donors (Lipinski definition) is 2. The standard InChI is InChI=1S/C24H24N4O4S/c1-13(2)16-11-17(20(30)12-19(16)29)22-25-26-24(33-21-7-9-32-23(21)31)28(22)15-4-5-18-14(10-15)6-8-27(18)3/h4-6,8,10-13,21,29-30H,7,9H2,1-3H3. The number of carbonyl (C=O) groups is 1. The Hall–Kier alpha value is -3.46. The third-order valence-corrected chi connectivity index (χ3v) is 7.09. The van der Waals surface area contributed by atoms with Crippen molar-refractivity contribution < 1.29 is 19.7 Å². The lowest BCUT2D eigenvalue weighted by atomic mass is 9.98. The van der Waals surface area contributed by atoms with Crippen LogP contribution in [0, 0.1) is 0 Å². The van der Waals surface area contributed by atoms with Gasteiger partial charge in [0.05, 0.1) is 17.9 Å². The van der Waals surface area contributed by atoms with Gasteiger partial charge in [-0.2, -0.15) is 0 Å². The Morgan fingerprint density at radius 3 is 2.67 bits per heavy atom. The van der Waals surface area contributed by atoms with Crippen molar-refractivity contribution in [2.24, 2.45) is 7.05 Å². The van der Waals surface area contributed by atoms with Gasteiger partial charge in [0, 0.05) is 36.6 Å². The van der Waals surface area contributed by atoms with Crippen LogP contribution >= 0.6 is 11.8 Å². The van der Waals surface area contributed by atoms with Crippen LogP contribution in [0.2, 0.25) is 0 Å². The third-order valence-electron chi connectivity index (χ3n) is 5.90. The maximum Gasteiger partial charge on any atom is 0.319 e. The molecule has 1 unspecified atom stereocenters. The molecule has 0 amide bonds. The van der Waals surface area contributed by atoms with E-state index in [-0.39, 0.29) is 28.6 Å². The first-order valence-corrected chi connectivity index (χ1v) is 11.6. The number of cyclic esters (lactones) is 1. The number of aromatic nitrogens is 4. The van der Waals surface area contributed by atoms with Gasteiger partial charge in [-0.05, 0) is 41.8 Å². The highest BCUT2D eigenvalue weighted by molar-refractivity contribution is 8.00. The summed E-state index contributed by atoms with van der Waals surface area (Å²) >= 11 is 1.30. The molecule has 1 saturated heterocycles. The van der Waals surface area contributed by atoms with Gasteiger partial charge in [-0.1, -0.05) is 25.6 Å². The molecule has 3 heterocycles. The number of thioether (sulfide) groups is 1. The van der Waals surface area contributed by atoms with Gasteiger partial charge in [0.15, 0.2) is 11.0 Å². The predicted octanol–water partition coefficient (Wildman–Crippen LogP) is 4.37. The van der Waals surface area contributed by atoms with E-state index < -0.39 is 0 Å². The maximum absolute atomic E-state index is 12.1. The number of rotatable bonds is 5. The molecular formula is C24H24N4O4S. The van der Waals surface area contributed by atoms with E-state index in [4.69, 9.17) is 4.74 Å². The first kappa shape index (κ1) is 21.4. The fourth-order valence-electron chi connectivity index (χ4n) is 4.11. The van der Waals surface area contributed by atoms with Crippen LogP contribution < -0.4 is 0 Å². The largest absolute Gasteiger partial charge is 0.508 e. The summed E-state index contributed by atoms with van der Waals surface area (Å²) in [5.41, 5.74) is 3.04. The Morgan fingerprint density at radius 1 is 1.12 bits per heavy atom. The Kier molecular flexibility index (Phi) is 5.28. The molecule has 1 aliphatic rings. The summed E-state index contributed by atoms with van der Waals surface area (Å²) in [5, 5.41) is 31.0. The van der Waals surface area contributed by atoms with E-state index in [9.17, 15) is 15.0 Å². The van der Waals surface area contributed by atoms with E-state index in [2.05, 4.69) is 10.2 Å². The molecule has 8 nitrogen and oxygen atoms in total. The van der Waals surface area contributed by atoms with Gasteiger partial charge in [0.25, 0.3) is 0 Å². The highest BCUT2D eigenvalue weighted by Gasteiger charge is 2.31. The number of phenols is 2. The summed E-state index contributed by atoms with van der Waals surface area (Å²) in [6, 6.07) is 11.1. The Bertz CT molecular complexity index is 1370. The Balaban J connectivity index is 1.70. The summed E-state index contributed by atoms with van der Waals surface area (Å²) in [4.78, 5) is 12.1. The maximum atomic E-state index is 12.1. The van der Waals surface area contributed by atoms with Crippen LogP contribution in [0.15, 0.2) is 47.8 Å². The first-order valence-electron chi connectivity index (χ1n) is 10.7. The molecule has 1 fully saturated rings. The molecule has 1 atom stereocenters. The molecule has 2 N–H and O–H groups in total. The summed E-state index contributed by atoms with van der Waals surface area (Å²) in [5.74, 6) is 0.153. The van der Waals surface area contributed by atoms with Gasteiger partial charge in [0.2, 0.25) is 0 Å². The van der Waals surface area contributed by atoms with Crippen molar-refractivity contribution in [3.8, 4) is 28.6 Å². The minimum atomic E-state index is -0.360. The predicted molar refractivity (Wildman–Crippen MR) is 126 cm³/mol. The zero-order valence-electron chi connectivity index (χ0n) is 18.5. The minimum absolute atomic E-state index is 0.0336. The van der Waals surface area contributed by atoms with Gasteiger partial charge < -0.3 is 19.5 Å². The molecule has 0 spiro atoms. The molecule has 5 rings (SSSR count). The van der Waals surface area contributed by atoms with Crippen molar-refractivity contribution in [1.29, 1.82) is 0 Å². The van der Waals surface area contributed by atoms with Crippen molar-refractivity contribution in [2.45, 2.75) is 36.6 Å². The van der Waals surface area contributed by atoms with E-state index in [1.54, 1.807) is 6.07 Å². The number of esters is 1. The van der Waals surface area contributed by atoms with E-state index in [0.717, 1.165) is 16.6 Å². The normalized spacial score (nSPS) is 16.1. The molecule has 4 aromatic rings. The van der Waals surface area contributed by atoms with Crippen molar-refractivity contribution in [3.63, 3.8) is 0 Å². The highest BCUT2D eigenvalue weighted by Crippen LogP contribution is 2.40. The second-order valence-electron chi connectivity index (χ2n) is 8.46. The molecule has 0 radical (unpaired) electrons. The van der Waals surface area contributed by atoms with E-state index in [0.29, 0.717) is 35.1 Å². The summed E-state index contributed by atoms with van der Waals surface area (Å²) in [6.45, 7) is 4.33. The smallest absolute Gasteiger partial charge is 0.319 e. The quantitative estimate of drug-likeness (QED) is 0.423. The number of aryl methyl sites for hydroxylation is 1. The lowest BCUT2D eigenvalue weighted by Crippen LogP contribution is -2.11. The van der Waals surface area contributed by atoms with Crippen LogP contribution in [0.5, 0.6) is 11.5 Å². The zero-order valence-corrected chi connectivity index (χ0v) is 19.3. The van der Waals surface area contributed by atoms with Crippen molar-refractivity contribution in [2.75, 3.05) is 6.61 Å². The monoisotopic (exact) mass is 464 g/mol. The second kappa shape index (κ2) is 8.15. The number of hydrogen-bond acceptors (Lipinski definition) is 7. The first-order chi connectivity index (χ1) is 15.8. The number of phenolic OH excluding ortho intramolecular Hbond substituents is 2. The van der Waals surface area contributed by atoms with Crippen molar-refractivity contribution >= 4 is 28.6 Å². The van der Waals surface area contributed by atoms with Gasteiger partial charge >= 0.3 is 5.97 Å². The molecule has 0 saturated carbocycles. The molecule has 170 valence electrons. The Labute approximate surface area is 194 Å². The number of benzene rings is 2. The third kappa shape index (κ3) is 3.72. The topological polar surface area (TPSA) is 102 Å². The lowest BCUT2D eigenvalue weighted by Gasteiger charge is -2.15. The van der Waals surface area contributed by atoms with Crippen LogP contribution in [-0.4, -0.2) is 47.4 Å². The van der Waals surface area contributed by atoms with Crippen molar-refractivity contribution in [3.05, 3.63) is 48.2 Å². The van der Waals surface area contributed by atoms with E-state index in [1.807, 2.05) is 60.5 Å². The minimum Gasteiger partial charge on any atom is -0.508 e. The zero-order chi connectivity index (χ0) is 23.3. The molecule has 2 aromatic carbocycles. The molecule has 9 heteroatoms. The number of ether oxygens (including phenoxy) is 1. The van der Waals surface area contributed by atoms with Crippen LogP contribution in [-0.2, 0) is 16.6 Å². The summed E-state index contributed by atoms with van der Waals surface area (Å²) < 4.78 is 9.01. The van der Waals surface area contributed by atoms with Crippen LogP contribution in [0.1, 0.15) is 31.7 Å². The van der Waals surface area contributed by atoms with Gasteiger partial charge in [-0.15, -0.1) is 10.2 Å². The molecule has 0 bridgehead atoms. The van der Waals surface area contributed by atoms with Crippen molar-refractivity contribution in [1.82, 2.24) is 19.3 Å². The second-order valence-corrected chi connectivity index (χ2v) is 9.63. The lowest BCUT2D eigenvalue weighted by molar-refractivity contribution is -0.137. The van der Waals surface area contributed by atoms with Gasteiger partial charge in [-0.25, -0.2) is 0 Å². The number of nitrogens with zero attached hydrogens (tertiary/aromatic N) is 4. The Morgan fingerprint density at radius 2 is 1.94 bits per heavy atom. The van der Waals surface area contributed by atoms with Gasteiger partial charge in [-0.3, -0.25) is 9.36 Å². The summed E-state index contributed by atoms with van der Waals surface area (Å²) in [7, 11) is 1.99. The SMILES string of the molecule is CC(C)c1cc(-c2nnc(SC3CCOC3=O)n2-c2ccc3c(ccn3C)c2)c(O)cc1O. The summed E-state index contributed by atoms with van der Waals surface area (Å²) in [6.07, 6.45) is 2.60. The fraction of sp³-hybridized carbons (Fsp3) is 0.292. The molecule has 2 aromatic heterocycles.